The van der Waals surface area contributed by atoms with Crippen LogP contribution in [-0.2, 0) is 0 Å². The maximum atomic E-state index is 5.42. The minimum atomic E-state index is 1.08. The second-order valence-electron chi connectivity index (χ2n) is 6.95. The van der Waals surface area contributed by atoms with Crippen molar-refractivity contribution in [2.24, 2.45) is 0 Å². The van der Waals surface area contributed by atoms with Crippen molar-refractivity contribution in [2.45, 2.75) is 117 Å². The van der Waals surface area contributed by atoms with Gasteiger partial charge in [-0.1, -0.05) is 116 Å². The third kappa shape index (κ3) is 20.2. The van der Waals surface area contributed by atoms with Crippen LogP contribution in [0, 0.1) is 0 Å². The highest BCUT2D eigenvalue weighted by molar-refractivity contribution is 8.23. The highest BCUT2D eigenvalue weighted by atomic mass is 32.2. The smallest absolute Gasteiger partial charge is 0.0702 e. The highest BCUT2D eigenvalue weighted by Gasteiger charge is 1.95. The van der Waals surface area contributed by atoms with Crippen molar-refractivity contribution in [1.82, 2.24) is 0 Å². The van der Waals surface area contributed by atoms with Gasteiger partial charge < -0.3 is 0 Å². The third-order valence-corrected chi connectivity index (χ3v) is 5.87. The maximum absolute atomic E-state index is 5.42. The minimum Gasteiger partial charge on any atom is -0.115 e. The number of hydrogen-bond acceptors (Lipinski definition) is 2. The molecule has 0 N–H and O–H groups in total. The van der Waals surface area contributed by atoms with Crippen LogP contribution >= 0.6 is 24.0 Å². The molecule has 0 aliphatic rings. The summed E-state index contributed by atoms with van der Waals surface area (Å²) in [5, 5.41) is 0. The van der Waals surface area contributed by atoms with E-state index < -0.39 is 0 Å². The second-order valence-corrected chi connectivity index (χ2v) is 8.79. The maximum Gasteiger partial charge on any atom is 0.0702 e. The van der Waals surface area contributed by atoms with Gasteiger partial charge in [-0.3, -0.25) is 0 Å². The Morgan fingerprint density at radius 2 is 1.12 bits per heavy atom. The summed E-state index contributed by atoms with van der Waals surface area (Å²) in [4.78, 5) is 0. The fraction of sp³-hybridized carbons (Fsp3) is 0.864. The Morgan fingerprint density at radius 1 is 0.667 bits per heavy atom. The normalized spacial score (nSPS) is 11.4. The van der Waals surface area contributed by atoms with Gasteiger partial charge in [0.15, 0.2) is 0 Å². The molecule has 0 radical (unpaired) electrons. The molecular weight excluding hydrogens is 328 g/mol. The van der Waals surface area contributed by atoms with E-state index in [1.165, 1.54) is 108 Å². The first-order valence-corrected chi connectivity index (χ1v) is 12.0. The van der Waals surface area contributed by atoms with Crippen LogP contribution < -0.4 is 0 Å². The average Bonchev–Trinajstić information content (AvgIpc) is 2.59. The summed E-state index contributed by atoms with van der Waals surface area (Å²) in [6, 6.07) is 0. The van der Waals surface area contributed by atoms with E-state index in [1.807, 2.05) is 11.8 Å². The molecule has 0 aromatic heterocycles. The molecule has 0 bridgehead atoms. The van der Waals surface area contributed by atoms with Crippen molar-refractivity contribution in [3.05, 3.63) is 12.2 Å². The molecule has 0 aliphatic heterocycles. The van der Waals surface area contributed by atoms with Gasteiger partial charge >= 0.3 is 0 Å². The van der Waals surface area contributed by atoms with Gasteiger partial charge in [-0.2, -0.15) is 0 Å². The molecule has 0 spiro atoms. The second kappa shape index (κ2) is 21.2. The molecule has 0 amide bonds. The number of rotatable bonds is 18. The van der Waals surface area contributed by atoms with Gasteiger partial charge in [-0.25, -0.2) is 0 Å². The van der Waals surface area contributed by atoms with E-state index in [0.29, 0.717) is 0 Å². The van der Waals surface area contributed by atoms with Crippen LogP contribution in [0.15, 0.2) is 12.2 Å². The first-order valence-electron chi connectivity index (χ1n) is 10.6. The zero-order valence-electron chi connectivity index (χ0n) is 16.5. The summed E-state index contributed by atoms with van der Waals surface area (Å²) >= 11 is 7.29. The van der Waals surface area contributed by atoms with Crippen molar-refractivity contribution in [1.29, 1.82) is 0 Å². The molecule has 0 saturated heterocycles. The standard InChI is InChI=1S/C22H42S2/c1-3-5-7-9-11-12-13-15-17-19-21-24-22(23)20-18-16-14-10-8-6-4-2/h18,20H,3-17,19,21H2,1-2H3. The van der Waals surface area contributed by atoms with Gasteiger partial charge in [0.05, 0.1) is 4.20 Å². The van der Waals surface area contributed by atoms with E-state index in [-0.39, 0.29) is 0 Å². The highest BCUT2D eigenvalue weighted by Crippen LogP contribution is 2.14. The Labute approximate surface area is 162 Å². The average molecular weight is 371 g/mol. The van der Waals surface area contributed by atoms with Gasteiger partial charge in [-0.15, -0.1) is 11.8 Å². The summed E-state index contributed by atoms with van der Waals surface area (Å²) in [6.07, 6.45) is 26.5. The van der Waals surface area contributed by atoms with Gasteiger partial charge in [0, 0.05) is 0 Å². The Kier molecular flexibility index (Phi) is 21.4. The van der Waals surface area contributed by atoms with Crippen LogP contribution in [-0.4, -0.2) is 9.95 Å². The van der Waals surface area contributed by atoms with Gasteiger partial charge in [0.2, 0.25) is 0 Å². The van der Waals surface area contributed by atoms with Gasteiger partial charge in [0.1, 0.15) is 0 Å². The van der Waals surface area contributed by atoms with Crippen molar-refractivity contribution < 1.29 is 0 Å². The largest absolute Gasteiger partial charge is 0.115 e. The molecule has 0 aliphatic carbocycles. The summed E-state index contributed by atoms with van der Waals surface area (Å²) in [5.41, 5.74) is 0. The quantitative estimate of drug-likeness (QED) is 0.134. The summed E-state index contributed by atoms with van der Waals surface area (Å²) in [6.45, 7) is 4.55. The molecule has 142 valence electrons. The Bertz CT molecular complexity index is 284. The SMILES string of the molecule is CCCCCCCC=CC(=S)SCCCCCCCCCCCC. The van der Waals surface area contributed by atoms with E-state index >= 15 is 0 Å². The molecule has 24 heavy (non-hydrogen) atoms. The predicted molar refractivity (Wildman–Crippen MR) is 119 cm³/mol. The molecular formula is C22H42S2. The molecule has 2 heteroatoms. The topological polar surface area (TPSA) is 0 Å². The number of allylic oxidation sites excluding steroid dienone is 1. The molecule has 0 saturated carbocycles. The molecule has 0 rings (SSSR count). The van der Waals surface area contributed by atoms with Crippen LogP contribution in [0.3, 0.4) is 0 Å². The number of thioether (sulfide) groups is 1. The lowest BCUT2D eigenvalue weighted by Gasteiger charge is -2.02. The van der Waals surface area contributed by atoms with Crippen LogP contribution in [0.4, 0.5) is 0 Å². The fourth-order valence-electron chi connectivity index (χ4n) is 2.86. The van der Waals surface area contributed by atoms with Gasteiger partial charge in [-0.05, 0) is 31.1 Å². The Morgan fingerprint density at radius 3 is 1.67 bits per heavy atom. The van der Waals surface area contributed by atoms with E-state index in [4.69, 9.17) is 12.2 Å². The lowest BCUT2D eigenvalue weighted by atomic mass is 10.1. The summed E-state index contributed by atoms with van der Waals surface area (Å²) < 4.78 is 1.08. The molecule has 0 atom stereocenters. The molecule has 0 aromatic rings. The monoisotopic (exact) mass is 370 g/mol. The van der Waals surface area contributed by atoms with Crippen LogP contribution in [0.25, 0.3) is 0 Å². The zero-order valence-corrected chi connectivity index (χ0v) is 18.1. The molecule has 0 fully saturated rings. The molecule has 0 heterocycles. The summed E-state index contributed by atoms with van der Waals surface area (Å²) in [5.74, 6) is 1.20. The molecule has 0 unspecified atom stereocenters. The first kappa shape index (κ1) is 24.2. The van der Waals surface area contributed by atoms with Gasteiger partial charge in [0.25, 0.3) is 0 Å². The number of unbranched alkanes of at least 4 members (excludes halogenated alkanes) is 14. The van der Waals surface area contributed by atoms with Crippen molar-refractivity contribution in [2.75, 3.05) is 5.75 Å². The minimum absolute atomic E-state index is 1.08. The predicted octanol–water partition coefficient (Wildman–Crippen LogP) is 8.88. The van der Waals surface area contributed by atoms with E-state index in [0.717, 1.165) is 4.20 Å². The zero-order chi connectivity index (χ0) is 17.7. The van der Waals surface area contributed by atoms with Crippen LogP contribution in [0.1, 0.15) is 117 Å². The first-order chi connectivity index (χ1) is 11.8. The lowest BCUT2D eigenvalue weighted by Crippen LogP contribution is -1.87. The molecule has 0 aromatic carbocycles. The number of thiocarbonyl (C=S) groups is 1. The Hall–Kier alpha value is 0.180. The van der Waals surface area contributed by atoms with Crippen molar-refractivity contribution in [3.63, 3.8) is 0 Å². The number of hydrogen-bond donors (Lipinski definition) is 0. The van der Waals surface area contributed by atoms with Crippen molar-refractivity contribution >= 4 is 28.2 Å². The van der Waals surface area contributed by atoms with Crippen molar-refractivity contribution in [3.8, 4) is 0 Å². The lowest BCUT2D eigenvalue weighted by molar-refractivity contribution is 0.563. The van der Waals surface area contributed by atoms with Crippen LogP contribution in [0.2, 0.25) is 0 Å². The van der Waals surface area contributed by atoms with E-state index in [9.17, 15) is 0 Å². The fourth-order valence-corrected chi connectivity index (χ4v) is 3.94. The Balaban J connectivity index is 3.22. The third-order valence-electron chi connectivity index (χ3n) is 4.47. The van der Waals surface area contributed by atoms with Crippen LogP contribution in [0.5, 0.6) is 0 Å². The van der Waals surface area contributed by atoms with E-state index in [1.54, 1.807) is 0 Å². The molecule has 0 nitrogen and oxygen atoms in total. The summed E-state index contributed by atoms with van der Waals surface area (Å²) in [7, 11) is 0. The van der Waals surface area contributed by atoms with E-state index in [2.05, 4.69) is 26.0 Å².